The van der Waals surface area contributed by atoms with Crippen LogP contribution in [0.25, 0.3) is 0 Å². The molecule has 0 amide bonds. The Bertz CT molecular complexity index is 273. The van der Waals surface area contributed by atoms with E-state index >= 15 is 0 Å². The van der Waals surface area contributed by atoms with Gasteiger partial charge in [0.15, 0.2) is 0 Å². The molecule has 0 saturated carbocycles. The molecule has 0 fully saturated rings. The average molecular weight is 228 g/mol. The van der Waals surface area contributed by atoms with E-state index in [0.717, 1.165) is 5.56 Å². The van der Waals surface area contributed by atoms with Crippen molar-refractivity contribution in [2.75, 3.05) is 6.51 Å². The number of halogens is 3. The van der Waals surface area contributed by atoms with Gasteiger partial charge >= 0.3 is 58.4 Å². The van der Waals surface area contributed by atoms with Gasteiger partial charge in [-0.2, -0.15) is 0 Å². The van der Waals surface area contributed by atoms with Gasteiger partial charge in [-0.05, 0) is 19.1 Å². The molecule has 1 rings (SSSR count). The first-order valence-corrected chi connectivity index (χ1v) is 3.88. The van der Waals surface area contributed by atoms with Crippen LogP contribution in [0.4, 0.5) is 12.9 Å². The predicted octanol–water partition coefficient (Wildman–Crippen LogP) is -0.236. The van der Waals surface area contributed by atoms with Gasteiger partial charge in [-0.15, -0.1) is 0 Å². The van der Waals surface area contributed by atoms with Gasteiger partial charge < -0.3 is 17.7 Å². The van der Waals surface area contributed by atoms with E-state index < -0.39 is 13.5 Å². The second-order valence-corrected chi connectivity index (χ2v) is 2.83. The molecule has 0 aliphatic carbocycles. The van der Waals surface area contributed by atoms with Crippen molar-refractivity contribution in [1.82, 2.24) is 0 Å². The van der Waals surface area contributed by atoms with Crippen LogP contribution in [0.5, 0.6) is 5.75 Å². The summed E-state index contributed by atoms with van der Waals surface area (Å²) in [7, 11) is 0. The van der Waals surface area contributed by atoms with Crippen molar-refractivity contribution in [3.63, 3.8) is 0 Å². The van der Waals surface area contributed by atoms with E-state index in [2.05, 4.69) is 4.74 Å². The zero-order valence-corrected chi connectivity index (χ0v) is 11.3. The molecule has 0 atom stereocenters. The molecule has 0 spiro atoms. The van der Waals surface area contributed by atoms with Gasteiger partial charge in [0.2, 0.25) is 0 Å². The number of hydrogen-bond donors (Lipinski definition) is 0. The van der Waals surface area contributed by atoms with Crippen LogP contribution in [0.1, 0.15) is 5.56 Å². The first-order chi connectivity index (χ1) is 5.97. The first-order valence-electron chi connectivity index (χ1n) is 3.88. The van der Waals surface area contributed by atoms with Crippen LogP contribution in [0, 0.1) is 6.92 Å². The predicted molar refractivity (Wildman–Crippen MR) is 45.8 cm³/mol. The summed E-state index contributed by atoms with van der Waals surface area (Å²) in [5.74, 6) is 0.254. The van der Waals surface area contributed by atoms with Crippen LogP contribution in [0.3, 0.4) is 0 Å². The number of hydrogen-bond acceptors (Lipinski definition) is 1. The van der Waals surface area contributed by atoms with Crippen molar-refractivity contribution in [1.29, 1.82) is 0 Å². The zero-order chi connectivity index (χ0) is 9.90. The van der Waals surface area contributed by atoms with Gasteiger partial charge in [-0.25, -0.2) is 0 Å². The molecule has 1 aromatic carbocycles. The summed E-state index contributed by atoms with van der Waals surface area (Å²) in [5, 5.41) is 0. The van der Waals surface area contributed by atoms with Crippen LogP contribution in [-0.4, -0.2) is 13.5 Å². The molecule has 0 radical (unpaired) electrons. The normalized spacial score (nSPS) is 10.6. The molecular weight excluding hydrogens is 219 g/mol. The van der Waals surface area contributed by atoms with Gasteiger partial charge in [0.25, 0.3) is 0 Å². The largest absolute Gasteiger partial charge is 1.00 e. The monoisotopic (exact) mass is 228 g/mol. The Morgan fingerprint density at radius 1 is 1.14 bits per heavy atom. The van der Waals surface area contributed by atoms with Crippen molar-refractivity contribution in [2.45, 2.75) is 6.92 Å². The third-order valence-corrected chi connectivity index (χ3v) is 1.46. The number of ether oxygens (including phenoxy) is 1. The fourth-order valence-corrected chi connectivity index (χ4v) is 0.825. The van der Waals surface area contributed by atoms with Crippen molar-refractivity contribution >= 4 is 6.98 Å². The van der Waals surface area contributed by atoms with E-state index in [1.807, 2.05) is 6.92 Å². The van der Waals surface area contributed by atoms with Gasteiger partial charge in [0.05, 0.1) is 6.51 Å². The maximum Gasteiger partial charge on any atom is 1.00 e. The van der Waals surface area contributed by atoms with E-state index in [0.29, 0.717) is 0 Å². The Morgan fingerprint density at radius 2 is 1.64 bits per heavy atom. The number of benzene rings is 1. The second-order valence-electron chi connectivity index (χ2n) is 2.83. The molecule has 0 heterocycles. The van der Waals surface area contributed by atoms with Gasteiger partial charge in [-0.1, -0.05) is 17.7 Å². The second kappa shape index (κ2) is 6.17. The third kappa shape index (κ3) is 6.08. The van der Waals surface area contributed by atoms with Crippen molar-refractivity contribution in [3.05, 3.63) is 29.8 Å². The summed E-state index contributed by atoms with van der Waals surface area (Å²) in [5.41, 5.74) is 0.991. The quantitative estimate of drug-likeness (QED) is 0.649. The van der Waals surface area contributed by atoms with Crippen LogP contribution >= 0.6 is 0 Å². The molecule has 72 valence electrons. The van der Waals surface area contributed by atoms with Crippen LogP contribution < -0.4 is 56.1 Å². The Hall–Kier alpha value is 0.511. The van der Waals surface area contributed by atoms with E-state index in [1.54, 1.807) is 12.1 Å². The molecule has 1 nitrogen and oxygen atoms in total. The molecule has 0 unspecified atom stereocenters. The number of aryl methyl sites for hydroxylation is 1. The molecule has 0 aliphatic heterocycles. The van der Waals surface area contributed by atoms with E-state index in [1.165, 1.54) is 12.1 Å². The Kier molecular flexibility index (Phi) is 6.40. The molecular formula is C8H9BF3KO. The van der Waals surface area contributed by atoms with Crippen LogP contribution in [0.2, 0.25) is 0 Å². The fourth-order valence-electron chi connectivity index (χ4n) is 0.825. The van der Waals surface area contributed by atoms with Gasteiger partial charge in [0, 0.05) is 0 Å². The summed E-state index contributed by atoms with van der Waals surface area (Å²) in [6, 6.07) is 6.46. The minimum atomic E-state index is -4.86. The van der Waals surface area contributed by atoms with E-state index in [9.17, 15) is 12.9 Å². The molecule has 1 aromatic rings. The molecule has 0 N–H and O–H groups in total. The van der Waals surface area contributed by atoms with Crippen LogP contribution in [-0.2, 0) is 0 Å². The summed E-state index contributed by atoms with van der Waals surface area (Å²) >= 11 is 0. The minimum absolute atomic E-state index is 0. The number of rotatable bonds is 3. The smallest absolute Gasteiger partial charge is 0.522 e. The average Bonchev–Trinajstić information content (AvgIpc) is 2.02. The maximum atomic E-state index is 11.8. The molecule has 0 aromatic heterocycles. The topological polar surface area (TPSA) is 9.23 Å². The maximum absolute atomic E-state index is 11.8. The molecule has 0 bridgehead atoms. The minimum Gasteiger partial charge on any atom is -0.522 e. The fraction of sp³-hybridized carbons (Fsp3) is 0.250. The first kappa shape index (κ1) is 14.5. The summed E-state index contributed by atoms with van der Waals surface area (Å²) in [6.45, 7) is -4.18. The molecule has 0 saturated heterocycles. The zero-order valence-electron chi connectivity index (χ0n) is 8.14. The Balaban J connectivity index is 0.00000169. The van der Waals surface area contributed by atoms with Gasteiger partial charge in [0.1, 0.15) is 5.75 Å². The van der Waals surface area contributed by atoms with Gasteiger partial charge in [-0.3, -0.25) is 0 Å². The summed E-state index contributed by atoms with van der Waals surface area (Å²) in [4.78, 5) is 0. The van der Waals surface area contributed by atoms with Crippen molar-refractivity contribution < 1.29 is 69.1 Å². The molecule has 14 heavy (non-hydrogen) atoms. The van der Waals surface area contributed by atoms with Crippen LogP contribution in [0.15, 0.2) is 24.3 Å². The van der Waals surface area contributed by atoms with Crippen molar-refractivity contribution in [3.8, 4) is 5.75 Å². The summed E-state index contributed by atoms with van der Waals surface area (Å²) < 4.78 is 39.8. The van der Waals surface area contributed by atoms with E-state index in [4.69, 9.17) is 0 Å². The standard InChI is InChI=1S/C8H9BF3O.K/c1-7-2-4-8(5-3-7)13-6-9(10,11)12;/h2-5H,6H2,1H3;/q-1;+1. The summed E-state index contributed by atoms with van der Waals surface area (Å²) in [6.07, 6.45) is 0. The molecule has 6 heteroatoms. The molecule has 0 aliphatic rings. The third-order valence-electron chi connectivity index (χ3n) is 1.46. The Labute approximate surface area is 123 Å². The van der Waals surface area contributed by atoms with Crippen molar-refractivity contribution in [2.24, 2.45) is 0 Å². The SMILES string of the molecule is Cc1ccc(OC[B-](F)(F)F)cc1.[K+]. The Morgan fingerprint density at radius 3 is 2.07 bits per heavy atom. The van der Waals surface area contributed by atoms with E-state index in [-0.39, 0.29) is 57.1 Å².